The molecule has 5 rings (SSSR count). The van der Waals surface area contributed by atoms with E-state index in [0.717, 1.165) is 34.9 Å². The lowest BCUT2D eigenvalue weighted by Gasteiger charge is -2.11. The van der Waals surface area contributed by atoms with E-state index in [1.165, 1.54) is 22.2 Å². The lowest BCUT2D eigenvalue weighted by molar-refractivity contribution is -0.119. The van der Waals surface area contributed by atoms with Crippen molar-refractivity contribution in [3.63, 3.8) is 0 Å². The van der Waals surface area contributed by atoms with Crippen molar-refractivity contribution in [2.24, 2.45) is 0 Å². The van der Waals surface area contributed by atoms with E-state index in [-0.39, 0.29) is 23.3 Å². The molecule has 1 unspecified atom stereocenters. The Morgan fingerprint density at radius 1 is 1.41 bits per heavy atom. The van der Waals surface area contributed by atoms with Crippen LogP contribution in [0, 0.1) is 0 Å². The average Bonchev–Trinajstić information content (AvgIpc) is 3.47. The first-order chi connectivity index (χ1) is 15.5. The van der Waals surface area contributed by atoms with Crippen molar-refractivity contribution >= 4 is 50.2 Å². The summed E-state index contributed by atoms with van der Waals surface area (Å²) in [6.07, 6.45) is 3.12. The predicted molar refractivity (Wildman–Crippen MR) is 128 cm³/mol. The monoisotopic (exact) mass is 469 g/mol. The third-order valence-electron chi connectivity index (χ3n) is 5.65. The Kier molecular flexibility index (Phi) is 5.69. The smallest absolute Gasteiger partial charge is 0.259 e. The number of H-pyrrole nitrogens is 1. The highest BCUT2D eigenvalue weighted by atomic mass is 32.2. The minimum absolute atomic E-state index is 0.0663. The molecule has 1 aromatic carbocycles. The molecule has 0 spiro atoms. The number of carbonyl (C=O) groups is 1. The molecule has 4 aromatic rings. The number of furan rings is 1. The molecular formula is C23H23N3O4S2. The third kappa shape index (κ3) is 3.91. The molecule has 166 valence electrons. The number of aromatic amines is 1. The molecule has 0 saturated carbocycles. The minimum atomic E-state index is -0.275. The fourth-order valence-corrected chi connectivity index (χ4v) is 6.12. The largest absolute Gasteiger partial charge is 0.493 e. The highest BCUT2D eigenvalue weighted by molar-refractivity contribution is 7.99. The topological polar surface area (TPSA) is 97.2 Å². The van der Waals surface area contributed by atoms with Gasteiger partial charge < -0.3 is 19.5 Å². The van der Waals surface area contributed by atoms with Crippen LogP contribution in [0.25, 0.3) is 21.2 Å². The van der Waals surface area contributed by atoms with E-state index in [1.54, 1.807) is 18.4 Å². The number of thioether (sulfide) groups is 1. The molecule has 0 fully saturated rings. The van der Waals surface area contributed by atoms with Gasteiger partial charge >= 0.3 is 0 Å². The van der Waals surface area contributed by atoms with Crippen LogP contribution in [0.1, 0.15) is 41.4 Å². The molecule has 3 aromatic heterocycles. The summed E-state index contributed by atoms with van der Waals surface area (Å²) in [5.41, 5.74) is 1.78. The van der Waals surface area contributed by atoms with Crippen LogP contribution in [0.4, 0.5) is 0 Å². The summed E-state index contributed by atoms with van der Waals surface area (Å²) in [7, 11) is 1.60. The number of thiophene rings is 1. The SMILES string of the molecule is COc1cccc2cc(C(C)NC(=O)CSCc3nc4sc5c(c4c(=O)[nH]3)CCC5)oc12. The predicted octanol–water partition coefficient (Wildman–Crippen LogP) is 4.34. The Morgan fingerprint density at radius 2 is 2.28 bits per heavy atom. The standard InChI is InChI=1S/C23H23N3O4S2/c1-12(16-9-13-5-3-7-15(29-2)21(13)30-16)24-19(27)11-31-10-18-25-22(28)20-14-6-4-8-17(14)32-23(20)26-18/h3,5,7,9,12H,4,6,8,10-11H2,1-2H3,(H,24,27)(H,25,26,28). The van der Waals surface area contributed by atoms with Crippen molar-refractivity contribution in [1.82, 2.24) is 15.3 Å². The molecule has 2 N–H and O–H groups in total. The van der Waals surface area contributed by atoms with Gasteiger partial charge in [0, 0.05) is 10.3 Å². The quantitative estimate of drug-likeness (QED) is 0.418. The van der Waals surface area contributed by atoms with Gasteiger partial charge in [-0.15, -0.1) is 23.1 Å². The number of ether oxygens (including phenoxy) is 1. The van der Waals surface area contributed by atoms with Crippen molar-refractivity contribution in [2.75, 3.05) is 12.9 Å². The van der Waals surface area contributed by atoms with Gasteiger partial charge in [-0.3, -0.25) is 9.59 Å². The number of benzene rings is 1. The normalized spacial score (nSPS) is 14.1. The number of amides is 1. The Hall–Kier alpha value is -2.78. The number of carbonyl (C=O) groups excluding carboxylic acids is 1. The van der Waals surface area contributed by atoms with Crippen LogP contribution in [0.2, 0.25) is 0 Å². The van der Waals surface area contributed by atoms with Crippen molar-refractivity contribution in [3.8, 4) is 5.75 Å². The maximum absolute atomic E-state index is 12.5. The third-order valence-corrected chi connectivity index (χ3v) is 7.78. The molecule has 3 heterocycles. The zero-order valence-electron chi connectivity index (χ0n) is 17.8. The molecule has 1 aliphatic carbocycles. The molecule has 7 nitrogen and oxygen atoms in total. The summed E-state index contributed by atoms with van der Waals surface area (Å²) in [6, 6.07) is 7.33. The maximum Gasteiger partial charge on any atom is 0.259 e. The Morgan fingerprint density at radius 3 is 3.12 bits per heavy atom. The van der Waals surface area contributed by atoms with Gasteiger partial charge in [-0.25, -0.2) is 4.98 Å². The van der Waals surface area contributed by atoms with Gasteiger partial charge in [-0.1, -0.05) is 12.1 Å². The number of hydrogen-bond donors (Lipinski definition) is 2. The number of rotatable bonds is 7. The zero-order chi connectivity index (χ0) is 22.2. The van der Waals surface area contributed by atoms with Crippen LogP contribution < -0.4 is 15.6 Å². The van der Waals surface area contributed by atoms with E-state index < -0.39 is 0 Å². The number of hydrogen-bond acceptors (Lipinski definition) is 7. The van der Waals surface area contributed by atoms with Crippen molar-refractivity contribution in [3.05, 3.63) is 56.6 Å². The summed E-state index contributed by atoms with van der Waals surface area (Å²) < 4.78 is 11.2. The van der Waals surface area contributed by atoms with E-state index >= 15 is 0 Å². The van der Waals surface area contributed by atoms with Crippen LogP contribution >= 0.6 is 23.1 Å². The van der Waals surface area contributed by atoms with Gasteiger partial charge in [0.25, 0.3) is 5.56 Å². The van der Waals surface area contributed by atoms with E-state index in [2.05, 4.69) is 15.3 Å². The first-order valence-electron chi connectivity index (χ1n) is 10.5. The summed E-state index contributed by atoms with van der Waals surface area (Å²) in [5.74, 6) is 2.57. The molecule has 32 heavy (non-hydrogen) atoms. The highest BCUT2D eigenvalue weighted by Gasteiger charge is 2.21. The maximum atomic E-state index is 12.5. The van der Waals surface area contributed by atoms with Crippen LogP contribution in [-0.4, -0.2) is 28.7 Å². The molecule has 0 aliphatic heterocycles. The second kappa shape index (κ2) is 8.63. The zero-order valence-corrected chi connectivity index (χ0v) is 19.5. The second-order valence-corrected chi connectivity index (χ2v) is 9.93. The van der Waals surface area contributed by atoms with Crippen LogP contribution in [0.5, 0.6) is 5.75 Å². The van der Waals surface area contributed by atoms with Gasteiger partial charge in [0.15, 0.2) is 11.3 Å². The highest BCUT2D eigenvalue weighted by Crippen LogP contribution is 2.34. The lowest BCUT2D eigenvalue weighted by atomic mass is 10.2. The number of fused-ring (bicyclic) bond motifs is 4. The summed E-state index contributed by atoms with van der Waals surface area (Å²) in [4.78, 5) is 34.6. The number of para-hydroxylation sites is 1. The molecule has 9 heteroatoms. The van der Waals surface area contributed by atoms with Crippen LogP contribution in [0.3, 0.4) is 0 Å². The van der Waals surface area contributed by atoms with Crippen LogP contribution in [0.15, 0.2) is 33.5 Å². The number of nitrogens with zero attached hydrogens (tertiary/aromatic N) is 1. The summed E-state index contributed by atoms with van der Waals surface area (Å²) in [6.45, 7) is 1.88. The lowest BCUT2D eigenvalue weighted by Crippen LogP contribution is -2.28. The Labute approximate surface area is 192 Å². The summed E-state index contributed by atoms with van der Waals surface area (Å²) >= 11 is 3.05. The van der Waals surface area contributed by atoms with Crippen molar-refractivity contribution < 1.29 is 13.9 Å². The molecule has 1 atom stereocenters. The molecule has 1 aliphatic rings. The van der Waals surface area contributed by atoms with E-state index in [9.17, 15) is 9.59 Å². The molecule has 0 saturated heterocycles. The first kappa shape index (κ1) is 21.1. The van der Waals surface area contributed by atoms with Gasteiger partial charge in [0.1, 0.15) is 16.4 Å². The first-order valence-corrected chi connectivity index (χ1v) is 12.5. The Balaban J connectivity index is 1.20. The van der Waals surface area contributed by atoms with Crippen molar-refractivity contribution in [2.45, 2.75) is 38.0 Å². The van der Waals surface area contributed by atoms with Crippen molar-refractivity contribution in [1.29, 1.82) is 0 Å². The van der Waals surface area contributed by atoms with E-state index in [4.69, 9.17) is 9.15 Å². The van der Waals surface area contributed by atoms with Crippen LogP contribution in [-0.2, 0) is 23.4 Å². The molecular weight excluding hydrogens is 446 g/mol. The summed E-state index contributed by atoms with van der Waals surface area (Å²) in [5, 5.41) is 4.65. The van der Waals surface area contributed by atoms with Gasteiger partial charge in [-0.05, 0) is 43.9 Å². The number of nitrogens with one attached hydrogen (secondary N) is 2. The molecule has 0 radical (unpaired) electrons. The van der Waals surface area contributed by atoms with Gasteiger partial charge in [0.05, 0.1) is 30.0 Å². The van der Waals surface area contributed by atoms with E-state index in [1.807, 2.05) is 31.2 Å². The second-order valence-electron chi connectivity index (χ2n) is 7.86. The number of aromatic nitrogens is 2. The fourth-order valence-electron chi connectivity index (χ4n) is 4.14. The van der Waals surface area contributed by atoms with E-state index in [0.29, 0.717) is 28.7 Å². The number of aryl methyl sites for hydroxylation is 2. The van der Waals surface area contributed by atoms with Gasteiger partial charge in [-0.2, -0.15) is 0 Å². The number of methoxy groups -OCH3 is 1. The molecule has 1 amide bonds. The average molecular weight is 470 g/mol. The molecule has 0 bridgehead atoms. The fraction of sp³-hybridized carbons (Fsp3) is 0.348. The van der Waals surface area contributed by atoms with Gasteiger partial charge in [0.2, 0.25) is 5.91 Å². The Bertz CT molecular complexity index is 1370. The minimum Gasteiger partial charge on any atom is -0.493 e.